The molecule has 5 heteroatoms. The highest BCUT2D eigenvalue weighted by atomic mass is 16.3. The zero-order valence-electron chi connectivity index (χ0n) is 13.5. The maximum Gasteiger partial charge on any atom is 0.253 e. The number of amides is 1. The van der Waals surface area contributed by atoms with Crippen molar-refractivity contribution in [1.29, 1.82) is 0 Å². The summed E-state index contributed by atoms with van der Waals surface area (Å²) in [5.74, 6) is 0.503. The molecular formula is C18H23N3O2. The van der Waals surface area contributed by atoms with Crippen molar-refractivity contribution in [2.45, 2.75) is 32.4 Å². The third-order valence-corrected chi connectivity index (χ3v) is 3.34. The van der Waals surface area contributed by atoms with Crippen molar-refractivity contribution in [3.05, 3.63) is 59.8 Å². The first-order valence-corrected chi connectivity index (χ1v) is 7.76. The van der Waals surface area contributed by atoms with Crippen molar-refractivity contribution in [3.63, 3.8) is 0 Å². The minimum Gasteiger partial charge on any atom is -0.394 e. The fourth-order valence-electron chi connectivity index (χ4n) is 2.24. The number of rotatable bonds is 7. The number of anilines is 1. The van der Waals surface area contributed by atoms with Gasteiger partial charge in [0, 0.05) is 12.2 Å². The van der Waals surface area contributed by atoms with Gasteiger partial charge in [0.25, 0.3) is 5.91 Å². The number of carbonyl (C=O) groups is 1. The van der Waals surface area contributed by atoms with Crippen molar-refractivity contribution in [2.24, 2.45) is 0 Å². The van der Waals surface area contributed by atoms with Crippen LogP contribution >= 0.6 is 0 Å². The molecular weight excluding hydrogens is 290 g/mol. The topological polar surface area (TPSA) is 74.2 Å². The average Bonchev–Trinajstić information content (AvgIpc) is 2.55. The lowest BCUT2D eigenvalue weighted by Crippen LogP contribution is -2.39. The van der Waals surface area contributed by atoms with Gasteiger partial charge in [0.1, 0.15) is 5.82 Å². The lowest BCUT2D eigenvalue weighted by molar-refractivity contribution is 0.0916. The van der Waals surface area contributed by atoms with Gasteiger partial charge in [0.05, 0.1) is 18.2 Å². The van der Waals surface area contributed by atoms with E-state index < -0.39 is 0 Å². The van der Waals surface area contributed by atoms with E-state index in [2.05, 4.69) is 15.6 Å². The van der Waals surface area contributed by atoms with E-state index in [1.807, 2.05) is 44.2 Å². The molecule has 1 aromatic carbocycles. The molecule has 0 saturated heterocycles. The second-order valence-electron chi connectivity index (χ2n) is 5.77. The minimum atomic E-state index is -0.321. The van der Waals surface area contributed by atoms with Crippen LogP contribution in [-0.2, 0) is 6.42 Å². The van der Waals surface area contributed by atoms with Gasteiger partial charge in [0.2, 0.25) is 0 Å². The van der Waals surface area contributed by atoms with Crippen LogP contribution < -0.4 is 10.6 Å². The van der Waals surface area contributed by atoms with E-state index in [-0.39, 0.29) is 24.6 Å². The maximum atomic E-state index is 12.3. The average molecular weight is 313 g/mol. The largest absolute Gasteiger partial charge is 0.394 e. The minimum absolute atomic E-state index is 0.110. The molecule has 0 unspecified atom stereocenters. The third-order valence-electron chi connectivity index (χ3n) is 3.34. The Balaban J connectivity index is 1.96. The number of aliphatic hydroxyl groups excluding tert-OH is 1. The first-order valence-electron chi connectivity index (χ1n) is 7.76. The lowest BCUT2D eigenvalue weighted by Gasteiger charge is -2.16. The van der Waals surface area contributed by atoms with Gasteiger partial charge in [0.15, 0.2) is 0 Å². The van der Waals surface area contributed by atoms with Crippen LogP contribution in [0.5, 0.6) is 0 Å². The number of aromatic nitrogens is 1. The van der Waals surface area contributed by atoms with Crippen LogP contribution in [0.3, 0.4) is 0 Å². The molecule has 0 spiro atoms. The third kappa shape index (κ3) is 5.38. The fourth-order valence-corrected chi connectivity index (χ4v) is 2.24. The predicted molar refractivity (Wildman–Crippen MR) is 91.5 cm³/mol. The number of carbonyl (C=O) groups excluding carboxylic acids is 1. The first-order chi connectivity index (χ1) is 11.1. The monoisotopic (exact) mass is 313 g/mol. The van der Waals surface area contributed by atoms with E-state index in [4.69, 9.17) is 0 Å². The number of pyridine rings is 1. The molecule has 122 valence electrons. The summed E-state index contributed by atoms with van der Waals surface area (Å²) in [6, 6.07) is 13.2. The molecule has 2 rings (SSSR count). The summed E-state index contributed by atoms with van der Waals surface area (Å²) in [5, 5.41) is 15.5. The highest BCUT2D eigenvalue weighted by molar-refractivity contribution is 5.94. The zero-order chi connectivity index (χ0) is 16.7. The Kier molecular flexibility index (Phi) is 6.11. The number of aliphatic hydroxyl groups is 1. The number of nitrogens with zero attached hydrogens (tertiary/aromatic N) is 1. The Bertz CT molecular complexity index is 612. The molecule has 0 aliphatic heterocycles. The lowest BCUT2D eigenvalue weighted by atomic mass is 10.1. The summed E-state index contributed by atoms with van der Waals surface area (Å²) in [7, 11) is 0. The molecule has 0 saturated carbocycles. The van der Waals surface area contributed by atoms with Gasteiger partial charge in [-0.25, -0.2) is 4.98 Å². The van der Waals surface area contributed by atoms with Crippen LogP contribution in [0.15, 0.2) is 48.7 Å². The number of hydrogen-bond donors (Lipinski definition) is 3. The molecule has 0 aliphatic carbocycles. The maximum absolute atomic E-state index is 12.3. The Hall–Kier alpha value is -2.40. The van der Waals surface area contributed by atoms with Gasteiger partial charge in [-0.3, -0.25) is 4.79 Å². The molecule has 0 radical (unpaired) electrons. The van der Waals surface area contributed by atoms with E-state index in [1.165, 1.54) is 6.20 Å². The van der Waals surface area contributed by atoms with Crippen LogP contribution in [0.1, 0.15) is 29.8 Å². The van der Waals surface area contributed by atoms with E-state index in [9.17, 15) is 9.90 Å². The summed E-state index contributed by atoms with van der Waals surface area (Å²) >= 11 is 0. The SMILES string of the molecule is CC(C)Nc1ccc(C(=O)N[C@H](CO)Cc2ccccc2)cn1. The summed E-state index contributed by atoms with van der Waals surface area (Å²) in [6.45, 7) is 3.94. The molecule has 1 amide bonds. The van der Waals surface area contributed by atoms with Crippen molar-refractivity contribution in [1.82, 2.24) is 10.3 Å². The molecule has 2 aromatic rings. The van der Waals surface area contributed by atoms with Crippen LogP contribution in [0.2, 0.25) is 0 Å². The summed E-state index contributed by atoms with van der Waals surface area (Å²) in [5.41, 5.74) is 1.55. The van der Waals surface area contributed by atoms with E-state index >= 15 is 0 Å². The van der Waals surface area contributed by atoms with Gasteiger partial charge in [-0.2, -0.15) is 0 Å². The fraction of sp³-hybridized carbons (Fsp3) is 0.333. The quantitative estimate of drug-likeness (QED) is 0.733. The molecule has 3 N–H and O–H groups in total. The van der Waals surface area contributed by atoms with Crippen LogP contribution in [0.25, 0.3) is 0 Å². The van der Waals surface area contributed by atoms with Crippen molar-refractivity contribution < 1.29 is 9.90 Å². The number of hydrogen-bond acceptors (Lipinski definition) is 4. The molecule has 1 heterocycles. The van der Waals surface area contributed by atoms with Gasteiger partial charge >= 0.3 is 0 Å². The van der Waals surface area contributed by atoms with Crippen LogP contribution in [-0.4, -0.2) is 34.7 Å². The second-order valence-corrected chi connectivity index (χ2v) is 5.77. The molecule has 5 nitrogen and oxygen atoms in total. The van der Waals surface area contributed by atoms with E-state index in [0.29, 0.717) is 12.0 Å². The van der Waals surface area contributed by atoms with E-state index in [0.717, 1.165) is 11.4 Å². The number of benzene rings is 1. The second kappa shape index (κ2) is 8.29. The Morgan fingerprint density at radius 3 is 2.48 bits per heavy atom. The van der Waals surface area contributed by atoms with Crippen molar-refractivity contribution in [3.8, 4) is 0 Å². The molecule has 0 fully saturated rings. The first kappa shape index (κ1) is 17.0. The Labute approximate surface area is 136 Å². The molecule has 0 aliphatic rings. The predicted octanol–water partition coefficient (Wildman–Crippen LogP) is 2.24. The van der Waals surface area contributed by atoms with Gasteiger partial charge < -0.3 is 15.7 Å². The van der Waals surface area contributed by atoms with Crippen LogP contribution in [0.4, 0.5) is 5.82 Å². The normalized spacial score (nSPS) is 12.0. The molecule has 1 aromatic heterocycles. The van der Waals surface area contributed by atoms with Gasteiger partial charge in [-0.15, -0.1) is 0 Å². The zero-order valence-corrected chi connectivity index (χ0v) is 13.5. The van der Waals surface area contributed by atoms with Crippen molar-refractivity contribution in [2.75, 3.05) is 11.9 Å². The molecule has 23 heavy (non-hydrogen) atoms. The van der Waals surface area contributed by atoms with E-state index in [1.54, 1.807) is 12.1 Å². The van der Waals surface area contributed by atoms with Gasteiger partial charge in [-0.05, 0) is 38.0 Å². The number of nitrogens with one attached hydrogen (secondary N) is 2. The summed E-state index contributed by atoms with van der Waals surface area (Å²) in [4.78, 5) is 16.5. The Morgan fingerprint density at radius 1 is 1.17 bits per heavy atom. The summed E-state index contributed by atoms with van der Waals surface area (Å²) in [6.07, 6.45) is 2.13. The molecule has 0 bridgehead atoms. The van der Waals surface area contributed by atoms with Crippen molar-refractivity contribution >= 4 is 11.7 Å². The van der Waals surface area contributed by atoms with Crippen LogP contribution in [0, 0.1) is 0 Å². The molecule has 1 atom stereocenters. The standard InChI is InChI=1S/C18H23N3O2/c1-13(2)20-17-9-8-15(11-19-17)18(23)21-16(12-22)10-14-6-4-3-5-7-14/h3-9,11,13,16,22H,10,12H2,1-2H3,(H,19,20)(H,21,23)/t16-/m0/s1. The highest BCUT2D eigenvalue weighted by Gasteiger charge is 2.14. The highest BCUT2D eigenvalue weighted by Crippen LogP contribution is 2.08. The smallest absolute Gasteiger partial charge is 0.253 e. The summed E-state index contributed by atoms with van der Waals surface area (Å²) < 4.78 is 0. The Morgan fingerprint density at radius 2 is 1.91 bits per heavy atom. The van der Waals surface area contributed by atoms with Gasteiger partial charge in [-0.1, -0.05) is 30.3 Å².